The van der Waals surface area contributed by atoms with Gasteiger partial charge in [-0.1, -0.05) is 13.0 Å². The van der Waals surface area contributed by atoms with E-state index in [0.29, 0.717) is 17.2 Å². The van der Waals surface area contributed by atoms with Crippen LogP contribution >= 0.6 is 0 Å². The molecule has 156 valence electrons. The molecule has 0 saturated carbocycles. The van der Waals surface area contributed by atoms with Crippen LogP contribution < -0.4 is 15.6 Å². The van der Waals surface area contributed by atoms with Gasteiger partial charge in [-0.2, -0.15) is 9.89 Å². The Balaban J connectivity index is 1.70. The number of rotatable bonds is 8. The Bertz CT molecular complexity index is 1150. The number of nitrogens with zero attached hydrogens (tertiary/aromatic N) is 6. The molecule has 4 aromatic rings. The molecule has 3 aromatic heterocycles. The third kappa shape index (κ3) is 3.67. The van der Waals surface area contributed by atoms with Gasteiger partial charge in [0.15, 0.2) is 11.5 Å². The lowest BCUT2D eigenvalue weighted by molar-refractivity contribution is 0.276. The molecule has 4 rings (SSSR count). The maximum Gasteiger partial charge on any atom is 0.180 e. The quantitative estimate of drug-likeness (QED) is 0.414. The second-order valence-corrected chi connectivity index (χ2v) is 7.03. The van der Waals surface area contributed by atoms with Gasteiger partial charge in [-0.15, -0.1) is 0 Å². The Morgan fingerprint density at radius 2 is 2.10 bits per heavy atom. The minimum Gasteiger partial charge on any atom is -0.390 e. The molecule has 0 aliphatic heterocycles. The highest BCUT2D eigenvalue weighted by Crippen LogP contribution is 2.28. The predicted molar refractivity (Wildman–Crippen MR) is 119 cm³/mol. The first-order chi connectivity index (χ1) is 14.6. The summed E-state index contributed by atoms with van der Waals surface area (Å²) in [5.74, 6) is 0.658. The standard InChI is InChI=1S/C21H26N8O/c1-4-9-27(3)16-7-5-6-15(11-16)25-20-21-24-12-19(28(21)10-8-23-20)17-13-29(22-2)26-18(17)14-30/h5-8,10-13,22,30H,4,9,14H2,1-3H3,(H,23,25). The Morgan fingerprint density at radius 1 is 1.23 bits per heavy atom. The zero-order valence-electron chi connectivity index (χ0n) is 17.4. The number of fused-ring (bicyclic) bond motifs is 1. The molecule has 30 heavy (non-hydrogen) atoms. The highest BCUT2D eigenvalue weighted by atomic mass is 16.3. The summed E-state index contributed by atoms with van der Waals surface area (Å²) in [4.78, 5) is 12.9. The van der Waals surface area contributed by atoms with Crippen LogP contribution in [-0.2, 0) is 6.61 Å². The third-order valence-corrected chi connectivity index (χ3v) is 4.98. The number of hydrogen-bond acceptors (Lipinski definition) is 7. The molecule has 1 aromatic carbocycles. The van der Waals surface area contributed by atoms with Gasteiger partial charge < -0.3 is 20.7 Å². The first kappa shape index (κ1) is 19.7. The van der Waals surface area contributed by atoms with Gasteiger partial charge in [0.2, 0.25) is 0 Å². The van der Waals surface area contributed by atoms with Crippen molar-refractivity contribution in [2.45, 2.75) is 20.0 Å². The van der Waals surface area contributed by atoms with E-state index >= 15 is 0 Å². The molecule has 3 heterocycles. The number of anilines is 3. The topological polar surface area (TPSA) is 95.5 Å². The average Bonchev–Trinajstić information content (AvgIpc) is 3.38. The summed E-state index contributed by atoms with van der Waals surface area (Å²) in [5, 5.41) is 17.4. The van der Waals surface area contributed by atoms with E-state index in [1.807, 2.05) is 28.9 Å². The van der Waals surface area contributed by atoms with Crippen LogP contribution in [0.2, 0.25) is 0 Å². The van der Waals surface area contributed by atoms with Crippen molar-refractivity contribution in [2.75, 3.05) is 36.3 Å². The molecule has 0 radical (unpaired) electrons. The van der Waals surface area contributed by atoms with E-state index in [9.17, 15) is 5.11 Å². The van der Waals surface area contributed by atoms with Crippen LogP contribution in [0.1, 0.15) is 19.0 Å². The molecule has 9 heteroatoms. The van der Waals surface area contributed by atoms with Crippen LogP contribution in [0.4, 0.5) is 17.2 Å². The summed E-state index contributed by atoms with van der Waals surface area (Å²) in [6.07, 6.45) is 8.27. The van der Waals surface area contributed by atoms with Crippen molar-refractivity contribution in [3.05, 3.63) is 54.7 Å². The van der Waals surface area contributed by atoms with Crippen LogP contribution in [-0.4, -0.2) is 50.0 Å². The molecular weight excluding hydrogens is 380 g/mol. The van der Waals surface area contributed by atoms with Crippen molar-refractivity contribution in [3.63, 3.8) is 0 Å². The minimum atomic E-state index is -0.161. The van der Waals surface area contributed by atoms with Crippen LogP contribution in [0.15, 0.2) is 49.1 Å². The second-order valence-electron chi connectivity index (χ2n) is 7.03. The highest BCUT2D eigenvalue weighted by molar-refractivity contribution is 5.75. The predicted octanol–water partition coefficient (Wildman–Crippen LogP) is 2.85. The number of aromatic nitrogens is 5. The second kappa shape index (κ2) is 8.42. The molecule has 0 unspecified atom stereocenters. The van der Waals surface area contributed by atoms with Gasteiger partial charge >= 0.3 is 0 Å². The Labute approximate surface area is 175 Å². The Hall–Kier alpha value is -3.59. The lowest BCUT2D eigenvalue weighted by Crippen LogP contribution is -2.17. The number of imidazole rings is 1. The molecule has 9 nitrogen and oxygen atoms in total. The van der Waals surface area contributed by atoms with Crippen molar-refractivity contribution in [1.82, 2.24) is 24.3 Å². The van der Waals surface area contributed by atoms with Gasteiger partial charge in [0.1, 0.15) is 0 Å². The van der Waals surface area contributed by atoms with E-state index in [2.05, 4.69) is 56.8 Å². The van der Waals surface area contributed by atoms with Crippen molar-refractivity contribution in [1.29, 1.82) is 0 Å². The van der Waals surface area contributed by atoms with E-state index in [1.165, 1.54) is 0 Å². The van der Waals surface area contributed by atoms with E-state index in [-0.39, 0.29) is 6.61 Å². The fourth-order valence-electron chi connectivity index (χ4n) is 3.48. The molecule has 0 fully saturated rings. The first-order valence-corrected chi connectivity index (χ1v) is 9.92. The molecule has 3 N–H and O–H groups in total. The zero-order chi connectivity index (χ0) is 21.1. The van der Waals surface area contributed by atoms with Gasteiger partial charge in [0, 0.05) is 50.0 Å². The number of benzene rings is 1. The van der Waals surface area contributed by atoms with Crippen molar-refractivity contribution >= 4 is 22.8 Å². The fourth-order valence-corrected chi connectivity index (χ4v) is 3.48. The number of nitrogens with one attached hydrogen (secondary N) is 2. The number of aliphatic hydroxyl groups is 1. The van der Waals surface area contributed by atoms with E-state index in [0.717, 1.165) is 35.6 Å². The number of aliphatic hydroxyl groups excluding tert-OH is 1. The average molecular weight is 406 g/mol. The summed E-state index contributed by atoms with van der Waals surface area (Å²) in [6.45, 7) is 3.00. The maximum absolute atomic E-state index is 9.69. The van der Waals surface area contributed by atoms with Crippen LogP contribution in [0, 0.1) is 0 Å². The normalized spacial score (nSPS) is 11.1. The minimum absolute atomic E-state index is 0.161. The molecule has 0 atom stereocenters. The zero-order valence-corrected chi connectivity index (χ0v) is 17.4. The van der Waals surface area contributed by atoms with Crippen molar-refractivity contribution in [3.8, 4) is 11.3 Å². The van der Waals surface area contributed by atoms with E-state index in [4.69, 9.17) is 0 Å². The highest BCUT2D eigenvalue weighted by Gasteiger charge is 2.16. The van der Waals surface area contributed by atoms with Gasteiger partial charge in [-0.25, -0.2) is 9.97 Å². The van der Waals surface area contributed by atoms with Crippen molar-refractivity contribution < 1.29 is 5.11 Å². The van der Waals surface area contributed by atoms with Gasteiger partial charge in [-0.05, 0) is 24.6 Å². The maximum atomic E-state index is 9.69. The summed E-state index contributed by atoms with van der Waals surface area (Å²) in [7, 11) is 3.86. The molecule has 0 spiro atoms. The summed E-state index contributed by atoms with van der Waals surface area (Å²) >= 11 is 0. The summed E-state index contributed by atoms with van der Waals surface area (Å²) in [6, 6.07) is 8.24. The van der Waals surface area contributed by atoms with Crippen LogP contribution in [0.25, 0.3) is 16.9 Å². The lowest BCUT2D eigenvalue weighted by Gasteiger charge is -2.19. The number of hydrogen-bond donors (Lipinski definition) is 3. The van der Waals surface area contributed by atoms with Crippen LogP contribution in [0.5, 0.6) is 0 Å². The summed E-state index contributed by atoms with van der Waals surface area (Å²) < 4.78 is 1.94. The van der Waals surface area contributed by atoms with Gasteiger partial charge in [0.25, 0.3) is 0 Å². The van der Waals surface area contributed by atoms with Crippen molar-refractivity contribution in [2.24, 2.45) is 0 Å². The fraction of sp³-hybridized carbons (Fsp3) is 0.286. The molecule has 0 aliphatic rings. The Morgan fingerprint density at radius 3 is 2.87 bits per heavy atom. The van der Waals surface area contributed by atoms with Crippen LogP contribution in [0.3, 0.4) is 0 Å². The SMILES string of the molecule is CCCN(C)c1cccc(Nc2nccn3c(-c4cn(NC)nc4CO)cnc23)c1. The lowest BCUT2D eigenvalue weighted by atomic mass is 10.2. The molecule has 0 saturated heterocycles. The Kier molecular flexibility index (Phi) is 5.53. The molecular formula is C21H26N8O. The smallest absolute Gasteiger partial charge is 0.180 e. The van der Waals surface area contributed by atoms with Gasteiger partial charge in [-0.3, -0.25) is 4.40 Å². The molecule has 0 aliphatic carbocycles. The third-order valence-electron chi connectivity index (χ3n) is 4.98. The largest absolute Gasteiger partial charge is 0.390 e. The summed E-state index contributed by atoms with van der Waals surface area (Å²) in [5.41, 5.74) is 7.93. The van der Waals surface area contributed by atoms with Gasteiger partial charge in [0.05, 0.1) is 30.4 Å². The first-order valence-electron chi connectivity index (χ1n) is 9.92. The molecule has 0 bridgehead atoms. The monoisotopic (exact) mass is 406 g/mol. The molecule has 0 amide bonds. The van der Waals surface area contributed by atoms with E-state index < -0.39 is 0 Å². The van der Waals surface area contributed by atoms with E-state index in [1.54, 1.807) is 24.2 Å².